The highest BCUT2D eigenvalue weighted by Gasteiger charge is 2.04. The first-order chi connectivity index (χ1) is 8.67. The van der Waals surface area contributed by atoms with Gasteiger partial charge in [0.25, 0.3) is 5.56 Å². The van der Waals surface area contributed by atoms with Gasteiger partial charge in [-0.1, -0.05) is 13.3 Å². The van der Waals surface area contributed by atoms with E-state index < -0.39 is 0 Å². The Hall–Kier alpha value is -1.89. The lowest BCUT2D eigenvalue weighted by Gasteiger charge is -2.02. The van der Waals surface area contributed by atoms with Gasteiger partial charge in [0.1, 0.15) is 10.8 Å². The van der Waals surface area contributed by atoms with Crippen LogP contribution < -0.4 is 11.3 Å². The van der Waals surface area contributed by atoms with E-state index in [2.05, 4.69) is 20.2 Å². The molecule has 0 aliphatic rings. The zero-order chi connectivity index (χ0) is 13.0. The number of aromatic amines is 1. The van der Waals surface area contributed by atoms with Gasteiger partial charge in [-0.25, -0.2) is 4.98 Å². The van der Waals surface area contributed by atoms with Crippen LogP contribution in [-0.2, 0) is 6.42 Å². The fourth-order valence-electron chi connectivity index (χ4n) is 1.40. The van der Waals surface area contributed by atoms with Gasteiger partial charge in [0.15, 0.2) is 5.16 Å². The summed E-state index contributed by atoms with van der Waals surface area (Å²) >= 11 is 1.25. The third-order valence-corrected chi connectivity index (χ3v) is 2.95. The fraction of sp³-hybridized carbons (Fsp3) is 0.273. The van der Waals surface area contributed by atoms with Crippen LogP contribution in [0.25, 0.3) is 0 Å². The zero-order valence-electron chi connectivity index (χ0n) is 9.88. The first-order valence-electron chi connectivity index (χ1n) is 5.54. The van der Waals surface area contributed by atoms with E-state index in [0.29, 0.717) is 16.0 Å². The zero-order valence-corrected chi connectivity index (χ0v) is 10.7. The molecule has 2 aromatic heterocycles. The van der Waals surface area contributed by atoms with E-state index in [0.717, 1.165) is 18.5 Å². The van der Waals surface area contributed by atoms with E-state index in [-0.39, 0.29) is 5.56 Å². The van der Waals surface area contributed by atoms with Crippen LogP contribution in [-0.4, -0.2) is 20.2 Å². The Morgan fingerprint density at radius 2 is 2.22 bits per heavy atom. The Morgan fingerprint density at radius 3 is 2.89 bits per heavy atom. The summed E-state index contributed by atoms with van der Waals surface area (Å²) in [5.74, 6) is 0.362. The number of nitrogens with one attached hydrogen (secondary N) is 1. The second-order valence-electron chi connectivity index (χ2n) is 3.69. The van der Waals surface area contributed by atoms with E-state index in [1.165, 1.54) is 17.8 Å². The molecule has 0 radical (unpaired) electrons. The maximum Gasteiger partial charge on any atom is 0.251 e. The molecular weight excluding hydrogens is 250 g/mol. The number of nitrogens with zero attached hydrogens (tertiary/aromatic N) is 3. The first-order valence-corrected chi connectivity index (χ1v) is 6.36. The van der Waals surface area contributed by atoms with Crippen LogP contribution in [0.5, 0.6) is 0 Å². The van der Waals surface area contributed by atoms with Crippen LogP contribution >= 0.6 is 11.8 Å². The van der Waals surface area contributed by atoms with Crippen molar-refractivity contribution in [1.29, 1.82) is 0 Å². The van der Waals surface area contributed by atoms with Crippen molar-refractivity contribution in [2.24, 2.45) is 0 Å². The van der Waals surface area contributed by atoms with Crippen molar-refractivity contribution in [3.05, 3.63) is 34.2 Å². The minimum absolute atomic E-state index is 0.153. The standard InChI is InChI=1S/C11H13N5OS/c1-2-3-7-6-9(17)14-11(13-7)18-10-5-4-8(12)15-16-10/h4-6H,2-3H2,1H3,(H2,12,15)(H,13,14,17). The SMILES string of the molecule is CCCc1cc(=O)[nH]c(Sc2ccc(N)nn2)n1. The summed E-state index contributed by atoms with van der Waals surface area (Å²) in [6, 6.07) is 4.91. The number of H-pyrrole nitrogens is 1. The molecule has 0 saturated carbocycles. The Labute approximate surface area is 108 Å². The maximum atomic E-state index is 11.5. The monoisotopic (exact) mass is 263 g/mol. The normalized spacial score (nSPS) is 10.5. The minimum Gasteiger partial charge on any atom is -0.382 e. The summed E-state index contributed by atoms with van der Waals surface area (Å²) in [7, 11) is 0. The van der Waals surface area contributed by atoms with Crippen molar-refractivity contribution in [1.82, 2.24) is 20.2 Å². The number of aryl methyl sites for hydroxylation is 1. The highest BCUT2D eigenvalue weighted by Crippen LogP contribution is 2.21. The summed E-state index contributed by atoms with van der Waals surface area (Å²) in [4.78, 5) is 18.5. The number of hydrogen-bond acceptors (Lipinski definition) is 6. The van der Waals surface area contributed by atoms with E-state index in [4.69, 9.17) is 5.73 Å². The van der Waals surface area contributed by atoms with Gasteiger partial charge >= 0.3 is 0 Å². The van der Waals surface area contributed by atoms with Crippen molar-refractivity contribution in [3.8, 4) is 0 Å². The molecule has 3 N–H and O–H groups in total. The largest absolute Gasteiger partial charge is 0.382 e. The second kappa shape index (κ2) is 5.63. The van der Waals surface area contributed by atoms with E-state index >= 15 is 0 Å². The summed E-state index contributed by atoms with van der Waals surface area (Å²) in [6.07, 6.45) is 1.73. The third-order valence-electron chi connectivity index (χ3n) is 2.14. The molecule has 0 unspecified atom stereocenters. The van der Waals surface area contributed by atoms with Crippen molar-refractivity contribution in [3.63, 3.8) is 0 Å². The second-order valence-corrected chi connectivity index (χ2v) is 4.70. The molecule has 94 valence electrons. The van der Waals surface area contributed by atoms with Gasteiger partial charge in [-0.05, 0) is 30.3 Å². The van der Waals surface area contributed by atoms with Gasteiger partial charge in [0, 0.05) is 11.8 Å². The van der Waals surface area contributed by atoms with Crippen molar-refractivity contribution in [2.75, 3.05) is 5.73 Å². The highest BCUT2D eigenvalue weighted by atomic mass is 32.2. The van der Waals surface area contributed by atoms with Crippen molar-refractivity contribution < 1.29 is 0 Å². The smallest absolute Gasteiger partial charge is 0.251 e. The van der Waals surface area contributed by atoms with Gasteiger partial charge in [-0.2, -0.15) is 0 Å². The lowest BCUT2D eigenvalue weighted by molar-refractivity contribution is 0.813. The van der Waals surface area contributed by atoms with Gasteiger partial charge in [-0.3, -0.25) is 4.79 Å². The van der Waals surface area contributed by atoms with Gasteiger partial charge in [0.05, 0.1) is 0 Å². The summed E-state index contributed by atoms with van der Waals surface area (Å²) < 4.78 is 0. The lowest BCUT2D eigenvalue weighted by Crippen LogP contribution is -2.10. The van der Waals surface area contributed by atoms with E-state index in [1.54, 1.807) is 12.1 Å². The maximum absolute atomic E-state index is 11.5. The highest BCUT2D eigenvalue weighted by molar-refractivity contribution is 7.99. The summed E-state index contributed by atoms with van der Waals surface area (Å²) in [5.41, 5.74) is 6.08. The molecule has 2 heterocycles. The molecule has 18 heavy (non-hydrogen) atoms. The Bertz CT molecular complexity index is 581. The number of nitrogens with two attached hydrogens (primary N) is 1. The van der Waals surface area contributed by atoms with Gasteiger partial charge in [-0.15, -0.1) is 10.2 Å². The van der Waals surface area contributed by atoms with Gasteiger partial charge < -0.3 is 10.7 Å². The molecule has 0 atom stereocenters. The third kappa shape index (κ3) is 3.30. The van der Waals surface area contributed by atoms with Crippen LogP contribution in [0.15, 0.2) is 33.2 Å². The molecule has 0 fully saturated rings. The molecular formula is C11H13N5OS. The van der Waals surface area contributed by atoms with Crippen LogP contribution in [0.2, 0.25) is 0 Å². The molecule has 0 bridgehead atoms. The van der Waals surface area contributed by atoms with Gasteiger partial charge in [0.2, 0.25) is 0 Å². The molecule has 2 aromatic rings. The number of hydrogen-bond donors (Lipinski definition) is 2. The molecule has 0 amide bonds. The predicted molar refractivity (Wildman–Crippen MR) is 69.4 cm³/mol. The van der Waals surface area contributed by atoms with E-state index in [1.807, 2.05) is 6.92 Å². The molecule has 0 aromatic carbocycles. The minimum atomic E-state index is -0.153. The Balaban J connectivity index is 2.23. The average molecular weight is 263 g/mol. The molecule has 0 aliphatic heterocycles. The molecule has 6 nitrogen and oxygen atoms in total. The Morgan fingerprint density at radius 1 is 1.39 bits per heavy atom. The number of anilines is 1. The van der Waals surface area contributed by atoms with E-state index in [9.17, 15) is 4.79 Å². The fourth-order valence-corrected chi connectivity index (χ4v) is 2.13. The van der Waals surface area contributed by atoms with Crippen LogP contribution in [0, 0.1) is 0 Å². The first kappa shape index (κ1) is 12.6. The van der Waals surface area contributed by atoms with Crippen molar-refractivity contribution in [2.45, 2.75) is 29.9 Å². The molecule has 7 heteroatoms. The van der Waals surface area contributed by atoms with Crippen molar-refractivity contribution >= 4 is 17.6 Å². The molecule has 0 spiro atoms. The summed E-state index contributed by atoms with van der Waals surface area (Å²) in [6.45, 7) is 2.04. The topological polar surface area (TPSA) is 97.5 Å². The molecule has 0 saturated heterocycles. The molecule has 2 rings (SSSR count). The molecule has 0 aliphatic carbocycles. The average Bonchev–Trinajstić information content (AvgIpc) is 2.32. The van der Waals surface area contributed by atoms with Crippen LogP contribution in [0.3, 0.4) is 0 Å². The van der Waals surface area contributed by atoms with Crippen LogP contribution in [0.1, 0.15) is 19.0 Å². The summed E-state index contributed by atoms with van der Waals surface area (Å²) in [5, 5.41) is 8.81. The van der Waals surface area contributed by atoms with Crippen LogP contribution in [0.4, 0.5) is 5.82 Å². The number of nitrogen functional groups attached to an aromatic ring is 1. The predicted octanol–water partition coefficient (Wildman–Crippen LogP) is 1.25. The number of aromatic nitrogens is 4. The number of rotatable bonds is 4. The lowest BCUT2D eigenvalue weighted by atomic mass is 10.2. The Kier molecular flexibility index (Phi) is 3.93. The quantitative estimate of drug-likeness (QED) is 0.805.